The summed E-state index contributed by atoms with van der Waals surface area (Å²) in [7, 11) is 1.42. The Labute approximate surface area is 104 Å². The first kappa shape index (κ1) is 15.2. The number of hydrogen-bond donors (Lipinski definition) is 1. The van der Waals surface area contributed by atoms with Gasteiger partial charge in [-0.2, -0.15) is 13.2 Å². The first-order valence-electron chi connectivity index (χ1n) is 6.00. The molecule has 1 N–H and O–H groups in total. The number of alkyl halides is 3. The van der Waals surface area contributed by atoms with Gasteiger partial charge in [-0.05, 0) is 25.9 Å². The van der Waals surface area contributed by atoms with Gasteiger partial charge in [0.25, 0.3) is 0 Å². The van der Waals surface area contributed by atoms with Gasteiger partial charge in [0.2, 0.25) is 5.91 Å². The van der Waals surface area contributed by atoms with Crippen LogP contribution < -0.4 is 5.32 Å². The molecule has 0 unspecified atom stereocenters. The molecular formula is C11H19F3N2O2. The van der Waals surface area contributed by atoms with E-state index >= 15 is 0 Å². The summed E-state index contributed by atoms with van der Waals surface area (Å²) in [4.78, 5) is 12.8. The molecule has 106 valence electrons. The van der Waals surface area contributed by atoms with Crippen molar-refractivity contribution in [2.24, 2.45) is 0 Å². The molecule has 0 saturated carbocycles. The molecule has 1 amide bonds. The third kappa shape index (κ3) is 5.22. The predicted octanol–water partition coefficient (Wildman–Crippen LogP) is 1.17. The van der Waals surface area contributed by atoms with Crippen molar-refractivity contribution in [2.75, 3.05) is 33.4 Å². The average Bonchev–Trinajstić information content (AvgIpc) is 2.33. The van der Waals surface area contributed by atoms with E-state index in [1.165, 1.54) is 7.11 Å². The number of carbonyl (C=O) groups is 1. The minimum absolute atomic E-state index is 0.00346. The first-order valence-corrected chi connectivity index (χ1v) is 6.00. The molecule has 7 heteroatoms. The lowest BCUT2D eigenvalue weighted by Gasteiger charge is -2.35. The number of ether oxygens (including phenoxy) is 1. The molecule has 0 radical (unpaired) electrons. The van der Waals surface area contributed by atoms with Gasteiger partial charge in [-0.15, -0.1) is 0 Å². The lowest BCUT2D eigenvalue weighted by Crippen LogP contribution is -2.49. The molecule has 4 nitrogen and oxygen atoms in total. The topological polar surface area (TPSA) is 41.6 Å². The maximum atomic E-state index is 12.5. The highest BCUT2D eigenvalue weighted by atomic mass is 19.4. The van der Waals surface area contributed by atoms with Crippen LogP contribution in [0.15, 0.2) is 0 Å². The van der Waals surface area contributed by atoms with E-state index in [1.54, 1.807) is 0 Å². The van der Waals surface area contributed by atoms with Crippen LogP contribution in [-0.4, -0.2) is 56.4 Å². The maximum absolute atomic E-state index is 12.5. The van der Waals surface area contributed by atoms with E-state index < -0.39 is 18.6 Å². The smallest absolute Gasteiger partial charge is 0.384 e. The van der Waals surface area contributed by atoms with Gasteiger partial charge in [0.05, 0.1) is 13.0 Å². The van der Waals surface area contributed by atoms with E-state index in [0.717, 1.165) is 4.90 Å². The average molecular weight is 268 g/mol. The molecule has 0 aromatic carbocycles. The standard InChI is InChI=1S/C11H19F3N2O2/c1-18-7-4-10(17)16(8-11(12,13)14)9-2-5-15-6-3-9/h9,15H,2-8H2,1H3. The van der Waals surface area contributed by atoms with E-state index in [1.807, 2.05) is 0 Å². The minimum atomic E-state index is -4.35. The summed E-state index contributed by atoms with van der Waals surface area (Å²) in [5.41, 5.74) is 0. The zero-order chi connectivity index (χ0) is 13.6. The van der Waals surface area contributed by atoms with Gasteiger partial charge in [0.1, 0.15) is 6.54 Å². The molecular weight excluding hydrogens is 249 g/mol. The zero-order valence-corrected chi connectivity index (χ0v) is 10.4. The molecule has 1 saturated heterocycles. The summed E-state index contributed by atoms with van der Waals surface area (Å²) in [6.07, 6.45) is -3.23. The van der Waals surface area contributed by atoms with E-state index in [9.17, 15) is 18.0 Å². The SMILES string of the molecule is COCCC(=O)N(CC(F)(F)F)C1CCNCC1. The van der Waals surface area contributed by atoms with Crippen LogP contribution in [0, 0.1) is 0 Å². The Bertz CT molecular complexity index is 266. The van der Waals surface area contributed by atoms with Crippen molar-refractivity contribution in [2.45, 2.75) is 31.5 Å². The van der Waals surface area contributed by atoms with Gasteiger partial charge in [0.15, 0.2) is 0 Å². The number of amides is 1. The number of hydrogen-bond acceptors (Lipinski definition) is 3. The van der Waals surface area contributed by atoms with Crippen LogP contribution >= 0.6 is 0 Å². The largest absolute Gasteiger partial charge is 0.406 e. The second-order valence-corrected chi connectivity index (χ2v) is 4.36. The lowest BCUT2D eigenvalue weighted by molar-refractivity contribution is -0.167. The number of carbonyl (C=O) groups excluding carboxylic acids is 1. The van der Waals surface area contributed by atoms with Gasteiger partial charge in [0, 0.05) is 13.2 Å². The summed E-state index contributed by atoms with van der Waals surface area (Å²) < 4.78 is 42.2. The van der Waals surface area contributed by atoms with Gasteiger partial charge in [-0.1, -0.05) is 0 Å². The zero-order valence-electron chi connectivity index (χ0n) is 10.4. The van der Waals surface area contributed by atoms with Gasteiger partial charge in [-0.25, -0.2) is 0 Å². The first-order chi connectivity index (χ1) is 8.44. The fraction of sp³-hybridized carbons (Fsp3) is 0.909. The van der Waals surface area contributed by atoms with Crippen LogP contribution in [0.1, 0.15) is 19.3 Å². The highest BCUT2D eigenvalue weighted by molar-refractivity contribution is 5.76. The molecule has 1 fully saturated rings. The Balaban J connectivity index is 2.63. The normalized spacial score (nSPS) is 17.8. The fourth-order valence-corrected chi connectivity index (χ4v) is 2.07. The lowest BCUT2D eigenvalue weighted by atomic mass is 10.0. The number of piperidine rings is 1. The van der Waals surface area contributed by atoms with Crippen molar-refractivity contribution in [1.82, 2.24) is 10.2 Å². The van der Waals surface area contributed by atoms with Gasteiger partial charge < -0.3 is 15.0 Å². The van der Waals surface area contributed by atoms with E-state index in [4.69, 9.17) is 4.74 Å². The van der Waals surface area contributed by atoms with Crippen LogP contribution in [0.3, 0.4) is 0 Å². The van der Waals surface area contributed by atoms with Crippen molar-refractivity contribution in [3.8, 4) is 0 Å². The number of methoxy groups -OCH3 is 1. The minimum Gasteiger partial charge on any atom is -0.384 e. The number of halogens is 3. The van der Waals surface area contributed by atoms with E-state index in [-0.39, 0.29) is 19.1 Å². The molecule has 18 heavy (non-hydrogen) atoms. The molecule has 0 aromatic heterocycles. The summed E-state index contributed by atoms with van der Waals surface area (Å²) in [6.45, 7) is 0.283. The van der Waals surface area contributed by atoms with Crippen molar-refractivity contribution in [3.63, 3.8) is 0 Å². The Morgan fingerprint density at radius 2 is 2.00 bits per heavy atom. The van der Waals surface area contributed by atoms with Crippen LogP contribution in [0.25, 0.3) is 0 Å². The van der Waals surface area contributed by atoms with Crippen LogP contribution in [0.5, 0.6) is 0 Å². The highest BCUT2D eigenvalue weighted by Crippen LogP contribution is 2.22. The highest BCUT2D eigenvalue weighted by Gasteiger charge is 2.36. The molecule has 0 spiro atoms. The van der Waals surface area contributed by atoms with Crippen molar-refractivity contribution < 1.29 is 22.7 Å². The van der Waals surface area contributed by atoms with Crippen molar-refractivity contribution in [1.29, 1.82) is 0 Å². The van der Waals surface area contributed by atoms with Crippen LogP contribution in [-0.2, 0) is 9.53 Å². The number of nitrogens with one attached hydrogen (secondary N) is 1. The number of rotatable bonds is 5. The van der Waals surface area contributed by atoms with Crippen LogP contribution in [0.2, 0.25) is 0 Å². The Kier molecular flexibility index (Phi) is 5.87. The van der Waals surface area contributed by atoms with Gasteiger partial charge in [-0.3, -0.25) is 4.79 Å². The maximum Gasteiger partial charge on any atom is 0.406 e. The monoisotopic (exact) mass is 268 g/mol. The molecule has 1 aliphatic rings. The molecule has 0 aliphatic carbocycles. The summed E-state index contributed by atoms with van der Waals surface area (Å²) in [6, 6.07) is -0.322. The molecule has 1 aliphatic heterocycles. The molecule has 0 bridgehead atoms. The quantitative estimate of drug-likeness (QED) is 0.813. The van der Waals surface area contributed by atoms with Crippen molar-refractivity contribution >= 4 is 5.91 Å². The van der Waals surface area contributed by atoms with E-state index in [2.05, 4.69) is 5.32 Å². The van der Waals surface area contributed by atoms with E-state index in [0.29, 0.717) is 25.9 Å². The third-order valence-electron chi connectivity index (χ3n) is 2.94. The third-order valence-corrected chi connectivity index (χ3v) is 2.94. The Morgan fingerprint density at radius 3 is 2.50 bits per heavy atom. The Hall–Kier alpha value is -0.820. The fourth-order valence-electron chi connectivity index (χ4n) is 2.07. The molecule has 0 atom stereocenters. The summed E-state index contributed by atoms with van der Waals surface area (Å²) >= 11 is 0. The Morgan fingerprint density at radius 1 is 1.39 bits per heavy atom. The number of nitrogens with zero attached hydrogens (tertiary/aromatic N) is 1. The predicted molar refractivity (Wildman–Crippen MR) is 60.2 cm³/mol. The summed E-state index contributed by atoms with van der Waals surface area (Å²) in [5, 5.41) is 3.07. The molecule has 1 rings (SSSR count). The second kappa shape index (κ2) is 6.94. The second-order valence-electron chi connectivity index (χ2n) is 4.36. The van der Waals surface area contributed by atoms with Crippen molar-refractivity contribution in [3.05, 3.63) is 0 Å². The molecule has 1 heterocycles. The van der Waals surface area contributed by atoms with Gasteiger partial charge >= 0.3 is 6.18 Å². The van der Waals surface area contributed by atoms with Crippen LogP contribution in [0.4, 0.5) is 13.2 Å². The summed E-state index contributed by atoms with van der Waals surface area (Å²) in [5.74, 6) is -0.485. The molecule has 0 aromatic rings.